The average molecular weight is 378 g/mol. The van der Waals surface area contributed by atoms with E-state index in [1.165, 1.54) is 25.7 Å². The van der Waals surface area contributed by atoms with Gasteiger partial charge in [-0.05, 0) is 39.4 Å². The predicted octanol–water partition coefficient (Wildman–Crippen LogP) is 3.01. The molecule has 142 valence electrons. The molecule has 0 unspecified atom stereocenters. The fourth-order valence-corrected chi connectivity index (χ4v) is 4.17. The van der Waals surface area contributed by atoms with E-state index in [1.54, 1.807) is 11.8 Å². The minimum atomic E-state index is 0.00135. The number of nitrogens with zero attached hydrogens (tertiary/aromatic N) is 4. The first kappa shape index (κ1) is 18.9. The van der Waals surface area contributed by atoms with E-state index < -0.39 is 0 Å². The van der Waals surface area contributed by atoms with E-state index in [0.29, 0.717) is 24.8 Å². The van der Waals surface area contributed by atoms with Gasteiger partial charge in [-0.25, -0.2) is 0 Å². The highest BCUT2D eigenvalue weighted by Gasteiger charge is 2.23. The van der Waals surface area contributed by atoms with E-state index in [1.807, 2.05) is 20.1 Å². The number of nitrogens with one attached hydrogen (secondary N) is 1. The van der Waals surface area contributed by atoms with Gasteiger partial charge in [-0.3, -0.25) is 4.79 Å². The van der Waals surface area contributed by atoms with Crippen molar-refractivity contribution < 1.29 is 9.32 Å². The minimum absolute atomic E-state index is 0.00135. The lowest BCUT2D eigenvalue weighted by Crippen LogP contribution is -2.27. The summed E-state index contributed by atoms with van der Waals surface area (Å²) in [6, 6.07) is 0.539. The van der Waals surface area contributed by atoms with E-state index in [-0.39, 0.29) is 5.91 Å². The van der Waals surface area contributed by atoms with Gasteiger partial charge in [-0.2, -0.15) is 0 Å². The Bertz CT molecular complexity index is 729. The van der Waals surface area contributed by atoms with E-state index in [0.717, 1.165) is 35.1 Å². The zero-order chi connectivity index (χ0) is 18.5. The molecule has 0 aliphatic heterocycles. The SMILES string of the molecule is CSc1nnc(CCCNC(=O)Cc2c(C)noc2C)n1C1CCCC1. The Morgan fingerprint density at radius 2 is 2.08 bits per heavy atom. The molecule has 0 spiro atoms. The number of hydrogen-bond donors (Lipinski definition) is 1. The minimum Gasteiger partial charge on any atom is -0.361 e. The Balaban J connectivity index is 1.49. The molecule has 1 fully saturated rings. The lowest BCUT2D eigenvalue weighted by Gasteiger charge is -2.16. The molecule has 1 saturated carbocycles. The Hall–Kier alpha value is -1.83. The van der Waals surface area contributed by atoms with E-state index >= 15 is 0 Å². The number of hydrogen-bond acceptors (Lipinski definition) is 6. The van der Waals surface area contributed by atoms with E-state index in [9.17, 15) is 4.79 Å². The second-order valence-electron chi connectivity index (χ2n) is 6.84. The second-order valence-corrected chi connectivity index (χ2v) is 7.62. The summed E-state index contributed by atoms with van der Waals surface area (Å²) in [6.45, 7) is 4.33. The molecule has 0 atom stereocenters. The van der Waals surface area contributed by atoms with Crippen molar-refractivity contribution in [3.63, 3.8) is 0 Å². The van der Waals surface area contributed by atoms with Crippen LogP contribution in [0.5, 0.6) is 0 Å². The zero-order valence-electron chi connectivity index (χ0n) is 15.7. The Morgan fingerprint density at radius 1 is 1.31 bits per heavy atom. The largest absolute Gasteiger partial charge is 0.361 e. The van der Waals surface area contributed by atoms with Gasteiger partial charge in [-0.15, -0.1) is 10.2 Å². The van der Waals surface area contributed by atoms with Gasteiger partial charge in [-0.1, -0.05) is 29.8 Å². The van der Waals surface area contributed by atoms with Crippen LogP contribution in [0, 0.1) is 13.8 Å². The summed E-state index contributed by atoms with van der Waals surface area (Å²) >= 11 is 1.66. The summed E-state index contributed by atoms with van der Waals surface area (Å²) in [6.07, 6.45) is 9.05. The van der Waals surface area contributed by atoms with Crippen molar-refractivity contribution in [3.05, 3.63) is 22.8 Å². The maximum Gasteiger partial charge on any atom is 0.224 e. The van der Waals surface area contributed by atoms with Crippen LogP contribution in [0.25, 0.3) is 0 Å². The van der Waals surface area contributed by atoms with Crippen molar-refractivity contribution in [1.82, 2.24) is 25.2 Å². The van der Waals surface area contributed by atoms with E-state index in [4.69, 9.17) is 4.52 Å². The third-order valence-electron chi connectivity index (χ3n) is 5.03. The molecule has 0 bridgehead atoms. The maximum absolute atomic E-state index is 12.1. The van der Waals surface area contributed by atoms with Crippen molar-refractivity contribution in [3.8, 4) is 0 Å². The average Bonchev–Trinajstić information content (AvgIpc) is 3.35. The van der Waals surface area contributed by atoms with Gasteiger partial charge in [0, 0.05) is 24.6 Å². The first-order valence-electron chi connectivity index (χ1n) is 9.26. The second kappa shape index (κ2) is 8.70. The van der Waals surface area contributed by atoms with Crippen LogP contribution in [0.3, 0.4) is 0 Å². The molecule has 1 aliphatic rings. The molecule has 1 aliphatic carbocycles. The first-order chi connectivity index (χ1) is 12.6. The van der Waals surface area contributed by atoms with Gasteiger partial charge in [0.25, 0.3) is 0 Å². The summed E-state index contributed by atoms with van der Waals surface area (Å²) < 4.78 is 7.43. The molecule has 26 heavy (non-hydrogen) atoms. The van der Waals surface area contributed by atoms with Gasteiger partial charge in [0.2, 0.25) is 5.91 Å². The molecule has 0 radical (unpaired) electrons. The molecule has 1 N–H and O–H groups in total. The molecule has 2 aromatic heterocycles. The van der Waals surface area contributed by atoms with Crippen LogP contribution in [0.1, 0.15) is 61.0 Å². The maximum atomic E-state index is 12.1. The highest BCUT2D eigenvalue weighted by Crippen LogP contribution is 2.33. The normalized spacial score (nSPS) is 14.9. The molecule has 3 rings (SSSR count). The lowest BCUT2D eigenvalue weighted by atomic mass is 10.1. The predicted molar refractivity (Wildman–Crippen MR) is 100 cm³/mol. The van der Waals surface area contributed by atoms with Crippen LogP contribution in [-0.2, 0) is 17.6 Å². The van der Waals surface area contributed by atoms with E-state index in [2.05, 4.69) is 25.2 Å². The number of aromatic nitrogens is 4. The van der Waals surface area contributed by atoms with Crippen molar-refractivity contribution in [1.29, 1.82) is 0 Å². The monoisotopic (exact) mass is 377 g/mol. The summed E-state index contributed by atoms with van der Waals surface area (Å²) in [7, 11) is 0. The smallest absolute Gasteiger partial charge is 0.224 e. The number of rotatable bonds is 8. The molecule has 8 heteroatoms. The number of amides is 1. The molecule has 0 aromatic carbocycles. The number of carbonyl (C=O) groups excluding carboxylic acids is 1. The fraction of sp³-hybridized carbons (Fsp3) is 0.667. The third kappa shape index (κ3) is 4.28. The first-order valence-corrected chi connectivity index (χ1v) is 10.5. The number of carbonyl (C=O) groups is 1. The highest BCUT2D eigenvalue weighted by atomic mass is 32.2. The Kier molecular flexibility index (Phi) is 6.34. The quantitative estimate of drug-likeness (QED) is 0.562. The zero-order valence-corrected chi connectivity index (χ0v) is 16.6. The van der Waals surface area contributed by atoms with Gasteiger partial charge in [0.15, 0.2) is 5.16 Å². The van der Waals surface area contributed by atoms with Gasteiger partial charge in [0.05, 0.1) is 12.1 Å². The van der Waals surface area contributed by atoms with Crippen LogP contribution in [0.15, 0.2) is 9.68 Å². The molecule has 1 amide bonds. The molecule has 2 aromatic rings. The molecule has 2 heterocycles. The summed E-state index contributed by atoms with van der Waals surface area (Å²) in [4.78, 5) is 12.1. The fourth-order valence-electron chi connectivity index (χ4n) is 3.60. The molecule has 7 nitrogen and oxygen atoms in total. The van der Waals surface area contributed by atoms with Crippen LogP contribution in [0.2, 0.25) is 0 Å². The topological polar surface area (TPSA) is 85.8 Å². The standard InChI is InChI=1S/C18H27N5O2S/c1-12-15(13(2)25-22-12)11-17(24)19-10-6-9-16-20-21-18(26-3)23(16)14-7-4-5-8-14/h14H,4-11H2,1-3H3,(H,19,24). The summed E-state index contributed by atoms with van der Waals surface area (Å²) in [5.74, 6) is 1.76. The Morgan fingerprint density at radius 3 is 2.73 bits per heavy atom. The Labute approximate surface area is 158 Å². The summed E-state index contributed by atoms with van der Waals surface area (Å²) in [5, 5.41) is 16.6. The van der Waals surface area contributed by atoms with Gasteiger partial charge in [0.1, 0.15) is 11.6 Å². The van der Waals surface area contributed by atoms with Crippen molar-refractivity contribution in [2.24, 2.45) is 0 Å². The highest BCUT2D eigenvalue weighted by molar-refractivity contribution is 7.98. The molecule has 0 saturated heterocycles. The lowest BCUT2D eigenvalue weighted by molar-refractivity contribution is -0.120. The number of aryl methyl sites for hydroxylation is 3. The summed E-state index contributed by atoms with van der Waals surface area (Å²) in [5.41, 5.74) is 1.67. The van der Waals surface area contributed by atoms with Crippen molar-refractivity contribution in [2.75, 3.05) is 12.8 Å². The molecular formula is C18H27N5O2S. The molecular weight excluding hydrogens is 350 g/mol. The van der Waals surface area contributed by atoms with Crippen molar-refractivity contribution in [2.45, 2.75) is 70.0 Å². The van der Waals surface area contributed by atoms with Gasteiger partial charge >= 0.3 is 0 Å². The van der Waals surface area contributed by atoms with Crippen molar-refractivity contribution >= 4 is 17.7 Å². The number of thioether (sulfide) groups is 1. The third-order valence-corrected chi connectivity index (χ3v) is 5.67. The van der Waals surface area contributed by atoms with Gasteiger partial charge < -0.3 is 14.4 Å². The van der Waals surface area contributed by atoms with Crippen LogP contribution in [-0.4, -0.2) is 38.6 Å². The van der Waals surface area contributed by atoms with Crippen LogP contribution >= 0.6 is 11.8 Å². The van der Waals surface area contributed by atoms with Crippen LogP contribution in [0.4, 0.5) is 0 Å². The van der Waals surface area contributed by atoms with Crippen LogP contribution < -0.4 is 5.32 Å².